The van der Waals surface area contributed by atoms with E-state index in [1.807, 2.05) is 25.1 Å². The number of benzene rings is 1. The monoisotopic (exact) mass is 148 g/mol. The molecule has 2 nitrogen and oxygen atoms in total. The van der Waals surface area contributed by atoms with Gasteiger partial charge in [0.2, 0.25) is 0 Å². The number of hydrogen-bond donors (Lipinski definition) is 1. The second-order valence-corrected chi connectivity index (χ2v) is 2.62. The normalized spacial score (nSPS) is 10.6. The molecular weight excluding hydrogens is 140 g/mol. The van der Waals surface area contributed by atoms with Crippen LogP contribution in [-0.2, 0) is 0 Å². The van der Waals surface area contributed by atoms with E-state index >= 15 is 0 Å². The second-order valence-electron chi connectivity index (χ2n) is 2.62. The van der Waals surface area contributed by atoms with Crippen LogP contribution in [0.25, 0.3) is 11.0 Å². The van der Waals surface area contributed by atoms with E-state index in [2.05, 4.69) is 0 Å². The van der Waals surface area contributed by atoms with Crippen molar-refractivity contribution in [1.82, 2.24) is 0 Å². The fourth-order valence-corrected chi connectivity index (χ4v) is 1.13. The highest BCUT2D eigenvalue weighted by Gasteiger charge is 2.02. The maximum atomic E-state index is 9.24. The van der Waals surface area contributed by atoms with Gasteiger partial charge in [0.25, 0.3) is 0 Å². The van der Waals surface area contributed by atoms with Crippen LogP contribution in [0.5, 0.6) is 5.75 Å². The Labute approximate surface area is 64.1 Å². The molecule has 0 amide bonds. The Morgan fingerprint density at radius 2 is 2.18 bits per heavy atom. The van der Waals surface area contributed by atoms with Crippen molar-refractivity contribution in [3.8, 4) is 5.75 Å². The largest absolute Gasteiger partial charge is 0.504 e. The molecule has 0 bridgehead atoms. The van der Waals surface area contributed by atoms with E-state index in [0.717, 1.165) is 16.5 Å². The maximum absolute atomic E-state index is 9.24. The molecule has 0 aliphatic heterocycles. The smallest absolute Gasteiger partial charge is 0.161 e. The summed E-state index contributed by atoms with van der Waals surface area (Å²) in [7, 11) is 0. The lowest BCUT2D eigenvalue weighted by molar-refractivity contribution is 0.464. The van der Waals surface area contributed by atoms with E-state index in [4.69, 9.17) is 4.42 Å². The van der Waals surface area contributed by atoms with Gasteiger partial charge in [-0.05, 0) is 19.1 Å². The molecular formula is C9H8O2. The zero-order valence-electron chi connectivity index (χ0n) is 6.16. The van der Waals surface area contributed by atoms with Crippen molar-refractivity contribution >= 4 is 11.0 Å². The SMILES string of the molecule is Cc1ccc2occ(O)c2c1. The molecule has 0 saturated heterocycles. The molecule has 11 heavy (non-hydrogen) atoms. The first-order chi connectivity index (χ1) is 5.27. The minimum Gasteiger partial charge on any atom is -0.504 e. The number of rotatable bonds is 0. The molecule has 2 heteroatoms. The zero-order valence-corrected chi connectivity index (χ0v) is 6.16. The molecule has 1 heterocycles. The van der Waals surface area contributed by atoms with E-state index in [1.165, 1.54) is 6.26 Å². The number of aromatic hydroxyl groups is 1. The predicted octanol–water partition coefficient (Wildman–Crippen LogP) is 2.45. The van der Waals surface area contributed by atoms with Crippen LogP contribution >= 0.6 is 0 Å². The molecule has 2 aromatic rings. The Balaban J connectivity index is 2.87. The fourth-order valence-electron chi connectivity index (χ4n) is 1.13. The maximum Gasteiger partial charge on any atom is 0.161 e. The van der Waals surface area contributed by atoms with Crippen molar-refractivity contribution in [2.75, 3.05) is 0 Å². The first kappa shape index (κ1) is 6.28. The summed E-state index contributed by atoms with van der Waals surface area (Å²) in [6.07, 6.45) is 1.35. The van der Waals surface area contributed by atoms with Gasteiger partial charge in [-0.3, -0.25) is 0 Å². The minimum absolute atomic E-state index is 0.212. The highest BCUT2D eigenvalue weighted by atomic mass is 16.4. The predicted molar refractivity (Wildman–Crippen MR) is 42.6 cm³/mol. The lowest BCUT2D eigenvalue weighted by atomic mass is 10.2. The van der Waals surface area contributed by atoms with Crippen LogP contribution in [0.15, 0.2) is 28.9 Å². The van der Waals surface area contributed by atoms with Crippen LogP contribution in [0, 0.1) is 6.92 Å². The van der Waals surface area contributed by atoms with Crippen LogP contribution < -0.4 is 0 Å². The van der Waals surface area contributed by atoms with Gasteiger partial charge in [0.05, 0.1) is 5.39 Å². The third-order valence-electron chi connectivity index (χ3n) is 1.71. The molecule has 56 valence electrons. The van der Waals surface area contributed by atoms with E-state index < -0.39 is 0 Å². The second kappa shape index (κ2) is 2.02. The van der Waals surface area contributed by atoms with Crippen LogP contribution in [-0.4, -0.2) is 5.11 Å². The Morgan fingerprint density at radius 3 is 3.00 bits per heavy atom. The molecule has 0 aliphatic carbocycles. The van der Waals surface area contributed by atoms with E-state index in [0.29, 0.717) is 0 Å². The average Bonchev–Trinajstić information content (AvgIpc) is 2.33. The van der Waals surface area contributed by atoms with E-state index in [-0.39, 0.29) is 5.75 Å². The van der Waals surface area contributed by atoms with Gasteiger partial charge >= 0.3 is 0 Å². The standard InChI is InChI=1S/C9H8O2/c1-6-2-3-9-7(4-6)8(10)5-11-9/h2-5,10H,1H3. The van der Waals surface area contributed by atoms with Crippen molar-refractivity contribution in [3.05, 3.63) is 30.0 Å². The van der Waals surface area contributed by atoms with Gasteiger partial charge in [-0.1, -0.05) is 11.6 Å². The highest BCUT2D eigenvalue weighted by molar-refractivity contribution is 5.84. The van der Waals surface area contributed by atoms with Gasteiger partial charge in [-0.25, -0.2) is 0 Å². The van der Waals surface area contributed by atoms with Crippen molar-refractivity contribution in [2.45, 2.75) is 6.92 Å². The van der Waals surface area contributed by atoms with Crippen LogP contribution in [0.1, 0.15) is 5.56 Å². The minimum atomic E-state index is 0.212. The van der Waals surface area contributed by atoms with Gasteiger partial charge in [0.1, 0.15) is 11.8 Å². The average molecular weight is 148 g/mol. The van der Waals surface area contributed by atoms with E-state index in [9.17, 15) is 5.11 Å². The summed E-state index contributed by atoms with van der Waals surface area (Å²) >= 11 is 0. The molecule has 0 saturated carbocycles. The molecule has 0 unspecified atom stereocenters. The van der Waals surface area contributed by atoms with Crippen molar-refractivity contribution < 1.29 is 9.52 Å². The summed E-state index contributed by atoms with van der Waals surface area (Å²) in [6.45, 7) is 1.98. The molecule has 2 rings (SSSR count). The Morgan fingerprint density at radius 1 is 1.36 bits per heavy atom. The van der Waals surface area contributed by atoms with Crippen LogP contribution in [0.3, 0.4) is 0 Å². The molecule has 1 aromatic heterocycles. The third kappa shape index (κ3) is 0.871. The summed E-state index contributed by atoms with van der Waals surface area (Å²) in [5, 5.41) is 10.0. The molecule has 0 spiro atoms. The number of hydrogen-bond acceptors (Lipinski definition) is 2. The number of fused-ring (bicyclic) bond motifs is 1. The molecule has 0 aliphatic rings. The zero-order chi connectivity index (χ0) is 7.84. The first-order valence-corrected chi connectivity index (χ1v) is 3.44. The quantitative estimate of drug-likeness (QED) is 0.622. The van der Waals surface area contributed by atoms with Crippen LogP contribution in [0.2, 0.25) is 0 Å². The van der Waals surface area contributed by atoms with Gasteiger partial charge in [0, 0.05) is 0 Å². The van der Waals surface area contributed by atoms with Gasteiger partial charge < -0.3 is 9.52 Å². The summed E-state index contributed by atoms with van der Waals surface area (Å²) in [5.74, 6) is 0.212. The lowest BCUT2D eigenvalue weighted by Crippen LogP contribution is -1.69. The summed E-state index contributed by atoms with van der Waals surface area (Å²) in [6, 6.07) is 5.70. The molecule has 0 radical (unpaired) electrons. The Hall–Kier alpha value is -1.44. The van der Waals surface area contributed by atoms with Crippen molar-refractivity contribution in [1.29, 1.82) is 0 Å². The summed E-state index contributed by atoms with van der Waals surface area (Å²) in [5.41, 5.74) is 1.85. The summed E-state index contributed by atoms with van der Waals surface area (Å²) < 4.78 is 5.05. The van der Waals surface area contributed by atoms with Gasteiger partial charge in [-0.15, -0.1) is 0 Å². The number of aryl methyl sites for hydroxylation is 1. The lowest BCUT2D eigenvalue weighted by Gasteiger charge is -1.90. The van der Waals surface area contributed by atoms with Gasteiger partial charge in [0.15, 0.2) is 5.75 Å². The third-order valence-corrected chi connectivity index (χ3v) is 1.71. The molecule has 1 N–H and O–H groups in total. The Bertz CT molecular complexity index is 387. The topological polar surface area (TPSA) is 33.4 Å². The number of furan rings is 1. The van der Waals surface area contributed by atoms with Crippen molar-refractivity contribution in [3.63, 3.8) is 0 Å². The van der Waals surface area contributed by atoms with Gasteiger partial charge in [-0.2, -0.15) is 0 Å². The molecule has 0 atom stereocenters. The molecule has 0 fully saturated rings. The Kier molecular flexibility index (Phi) is 1.15. The fraction of sp³-hybridized carbons (Fsp3) is 0.111. The first-order valence-electron chi connectivity index (χ1n) is 3.44. The van der Waals surface area contributed by atoms with E-state index in [1.54, 1.807) is 0 Å². The van der Waals surface area contributed by atoms with Crippen molar-refractivity contribution in [2.24, 2.45) is 0 Å². The highest BCUT2D eigenvalue weighted by Crippen LogP contribution is 2.26. The molecule has 1 aromatic carbocycles. The summed E-state index contributed by atoms with van der Waals surface area (Å²) in [4.78, 5) is 0. The van der Waals surface area contributed by atoms with Crippen LogP contribution in [0.4, 0.5) is 0 Å².